The minimum absolute atomic E-state index is 0.298. The van der Waals surface area contributed by atoms with Gasteiger partial charge < -0.3 is 5.32 Å². The first kappa shape index (κ1) is 13.2. The van der Waals surface area contributed by atoms with E-state index in [4.69, 9.17) is 5.26 Å². The van der Waals surface area contributed by atoms with E-state index < -0.39 is 0 Å². The number of nitrogens with zero attached hydrogens (tertiary/aromatic N) is 4. The molecule has 0 unspecified atom stereocenters. The highest BCUT2D eigenvalue weighted by atomic mass is 15.2. The number of hydrogen-bond acceptors (Lipinski definition) is 5. The predicted molar refractivity (Wildman–Crippen MR) is 68.6 cm³/mol. The van der Waals surface area contributed by atoms with E-state index in [-0.39, 0.29) is 0 Å². The first-order chi connectivity index (χ1) is 7.92. The van der Waals surface area contributed by atoms with Crippen LogP contribution in [-0.4, -0.2) is 23.6 Å². The highest BCUT2D eigenvalue weighted by Gasteiger charge is 2.09. The third-order valence-corrected chi connectivity index (χ3v) is 2.33. The van der Waals surface area contributed by atoms with Crippen molar-refractivity contribution < 1.29 is 0 Å². The molecule has 0 aliphatic heterocycles. The number of hydrogen-bond donors (Lipinski definition) is 1. The van der Waals surface area contributed by atoms with Crippen molar-refractivity contribution in [3.63, 3.8) is 0 Å². The molecule has 5 heteroatoms. The lowest BCUT2D eigenvalue weighted by Crippen LogP contribution is -2.15. The van der Waals surface area contributed by atoms with Crippen LogP contribution >= 0.6 is 0 Å². The van der Waals surface area contributed by atoms with Gasteiger partial charge in [0.1, 0.15) is 18.0 Å². The molecule has 0 saturated heterocycles. The zero-order chi connectivity index (χ0) is 12.9. The summed E-state index contributed by atoms with van der Waals surface area (Å²) in [6, 6.07) is 1.77. The molecule has 0 fully saturated rings. The van der Waals surface area contributed by atoms with Crippen molar-refractivity contribution in [1.82, 2.24) is 9.97 Å². The Morgan fingerprint density at radius 2 is 2.12 bits per heavy atom. The van der Waals surface area contributed by atoms with Gasteiger partial charge in [-0.25, -0.2) is 9.97 Å². The van der Waals surface area contributed by atoms with Crippen LogP contribution in [-0.2, 0) is 0 Å². The Morgan fingerprint density at radius 1 is 1.41 bits per heavy atom. The number of nitrogens with one attached hydrogen (secondary N) is 1. The molecule has 0 aliphatic carbocycles. The Kier molecular flexibility index (Phi) is 4.27. The van der Waals surface area contributed by atoms with Crippen LogP contribution in [0, 0.1) is 16.9 Å². The summed E-state index contributed by atoms with van der Waals surface area (Å²) in [5.41, 5.74) is 0.298. The molecule has 0 aromatic carbocycles. The highest BCUT2D eigenvalue weighted by Crippen LogP contribution is 2.18. The molecular weight excluding hydrogens is 214 g/mol. The fourth-order valence-electron chi connectivity index (χ4n) is 1.24. The first-order valence-electron chi connectivity index (χ1n) is 5.62. The summed E-state index contributed by atoms with van der Waals surface area (Å²) < 4.78 is 0. The van der Waals surface area contributed by atoms with Gasteiger partial charge in [0, 0.05) is 19.7 Å². The molecule has 0 amide bonds. The fraction of sp³-hybridized carbons (Fsp3) is 0.583. The van der Waals surface area contributed by atoms with Crippen molar-refractivity contribution in [2.75, 3.05) is 23.8 Å². The van der Waals surface area contributed by atoms with Gasteiger partial charge in [-0.05, 0) is 11.8 Å². The highest BCUT2D eigenvalue weighted by molar-refractivity contribution is 5.50. The molecule has 0 saturated carbocycles. The largest absolute Gasteiger partial charge is 0.370 e. The smallest absolute Gasteiger partial charge is 0.185 e. The lowest BCUT2D eigenvalue weighted by atomic mass is 9.92. The monoisotopic (exact) mass is 233 g/mol. The summed E-state index contributed by atoms with van der Waals surface area (Å²) in [5.74, 6) is 1.35. The Bertz CT molecular complexity index is 402. The second-order valence-electron chi connectivity index (χ2n) is 5.16. The topological polar surface area (TPSA) is 64.8 Å². The minimum atomic E-state index is 0.298. The molecule has 1 N–H and O–H groups in total. The molecule has 1 heterocycles. The molecule has 0 bridgehead atoms. The van der Waals surface area contributed by atoms with E-state index in [9.17, 15) is 0 Å². The van der Waals surface area contributed by atoms with E-state index in [1.54, 1.807) is 13.1 Å². The molecule has 0 atom stereocenters. The van der Waals surface area contributed by atoms with Gasteiger partial charge in [0.2, 0.25) is 0 Å². The normalized spacial score (nSPS) is 10.8. The lowest BCUT2D eigenvalue weighted by molar-refractivity contribution is 0.389. The average molecular weight is 233 g/mol. The quantitative estimate of drug-likeness (QED) is 0.638. The summed E-state index contributed by atoms with van der Waals surface area (Å²) in [6.07, 6.45) is 4.52. The number of aromatic nitrogens is 2. The Morgan fingerprint density at radius 3 is 2.71 bits per heavy atom. The van der Waals surface area contributed by atoms with Gasteiger partial charge in [-0.15, -0.1) is 0 Å². The Balaban J connectivity index is 2.58. The lowest BCUT2D eigenvalue weighted by Gasteiger charge is -2.18. The van der Waals surface area contributed by atoms with Crippen LogP contribution in [0.4, 0.5) is 11.6 Å². The summed E-state index contributed by atoms with van der Waals surface area (Å²) in [4.78, 5) is 9.54. The summed E-state index contributed by atoms with van der Waals surface area (Å²) in [7, 11) is 1.67. The van der Waals surface area contributed by atoms with Gasteiger partial charge in [-0.3, -0.25) is 4.90 Å². The van der Waals surface area contributed by atoms with E-state index in [1.807, 2.05) is 6.19 Å². The van der Waals surface area contributed by atoms with Crippen LogP contribution in [0.25, 0.3) is 0 Å². The number of rotatable bonds is 4. The van der Waals surface area contributed by atoms with Crippen molar-refractivity contribution in [2.45, 2.75) is 27.2 Å². The van der Waals surface area contributed by atoms with Crippen molar-refractivity contribution in [3.8, 4) is 6.19 Å². The SMILES string of the molecule is CN(C#N)c1cc(NCCC(C)(C)C)ncn1. The average Bonchev–Trinajstić information content (AvgIpc) is 2.27. The second kappa shape index (κ2) is 5.48. The fourth-order valence-corrected chi connectivity index (χ4v) is 1.24. The molecule has 0 radical (unpaired) electrons. The van der Waals surface area contributed by atoms with Crippen LogP contribution < -0.4 is 10.2 Å². The standard InChI is InChI=1S/C12H19N5/c1-12(2,3)5-6-14-10-7-11(16-9-15-10)17(4)8-13/h7,9H,5-6H2,1-4H3,(H,14,15,16). The van der Waals surface area contributed by atoms with E-state index in [1.165, 1.54) is 11.2 Å². The van der Waals surface area contributed by atoms with Gasteiger partial charge in [0.15, 0.2) is 6.19 Å². The molecule has 1 aromatic rings. The van der Waals surface area contributed by atoms with Gasteiger partial charge in [0.25, 0.3) is 0 Å². The molecule has 92 valence electrons. The Hall–Kier alpha value is -1.83. The predicted octanol–water partition coefficient (Wildman–Crippen LogP) is 2.24. The first-order valence-corrected chi connectivity index (χ1v) is 5.62. The maximum Gasteiger partial charge on any atom is 0.185 e. The zero-order valence-electron chi connectivity index (χ0n) is 10.9. The van der Waals surface area contributed by atoms with Crippen LogP contribution in [0.2, 0.25) is 0 Å². The van der Waals surface area contributed by atoms with E-state index in [0.29, 0.717) is 11.2 Å². The van der Waals surface area contributed by atoms with Crippen molar-refractivity contribution >= 4 is 11.6 Å². The van der Waals surface area contributed by atoms with E-state index in [0.717, 1.165) is 18.8 Å². The van der Waals surface area contributed by atoms with Crippen molar-refractivity contribution in [3.05, 3.63) is 12.4 Å². The summed E-state index contributed by atoms with van der Waals surface area (Å²) in [5, 5.41) is 12.0. The molecule has 1 rings (SSSR count). The molecular formula is C12H19N5. The molecule has 17 heavy (non-hydrogen) atoms. The van der Waals surface area contributed by atoms with E-state index >= 15 is 0 Å². The van der Waals surface area contributed by atoms with Gasteiger partial charge in [0.05, 0.1) is 0 Å². The maximum absolute atomic E-state index is 8.76. The van der Waals surface area contributed by atoms with Crippen LogP contribution in [0.1, 0.15) is 27.2 Å². The molecule has 0 spiro atoms. The summed E-state index contributed by atoms with van der Waals surface area (Å²) in [6.45, 7) is 7.45. The van der Waals surface area contributed by atoms with E-state index in [2.05, 4.69) is 36.1 Å². The van der Waals surface area contributed by atoms with Crippen LogP contribution in [0.5, 0.6) is 0 Å². The van der Waals surface area contributed by atoms with Crippen molar-refractivity contribution in [2.24, 2.45) is 5.41 Å². The number of anilines is 2. The maximum atomic E-state index is 8.76. The summed E-state index contributed by atoms with van der Waals surface area (Å²) >= 11 is 0. The van der Waals surface area contributed by atoms with Crippen LogP contribution in [0.15, 0.2) is 12.4 Å². The third-order valence-electron chi connectivity index (χ3n) is 2.33. The second-order valence-corrected chi connectivity index (χ2v) is 5.16. The van der Waals surface area contributed by atoms with Gasteiger partial charge in [-0.2, -0.15) is 5.26 Å². The third kappa shape index (κ3) is 4.68. The van der Waals surface area contributed by atoms with Crippen LogP contribution in [0.3, 0.4) is 0 Å². The van der Waals surface area contributed by atoms with Gasteiger partial charge >= 0.3 is 0 Å². The molecule has 0 aliphatic rings. The molecule has 5 nitrogen and oxygen atoms in total. The molecule has 1 aromatic heterocycles. The Labute approximate surface area is 102 Å². The zero-order valence-corrected chi connectivity index (χ0v) is 10.9. The van der Waals surface area contributed by atoms with Gasteiger partial charge in [-0.1, -0.05) is 20.8 Å². The minimum Gasteiger partial charge on any atom is -0.370 e. The van der Waals surface area contributed by atoms with Crippen molar-refractivity contribution in [1.29, 1.82) is 5.26 Å². The number of nitriles is 1.